The zero-order valence-corrected chi connectivity index (χ0v) is 13.7. The summed E-state index contributed by atoms with van der Waals surface area (Å²) in [4.78, 5) is 24.4. The number of rotatable bonds is 4. The van der Waals surface area contributed by atoms with Crippen molar-refractivity contribution >= 4 is 16.9 Å². The number of carbonyl (C=O) groups excluding carboxylic acids is 1. The Balaban J connectivity index is 1.68. The van der Waals surface area contributed by atoms with Gasteiger partial charge in [-0.05, 0) is 23.8 Å². The number of carbonyl (C=O) groups is 1. The van der Waals surface area contributed by atoms with E-state index in [1.54, 1.807) is 24.7 Å². The van der Waals surface area contributed by atoms with Gasteiger partial charge in [-0.25, -0.2) is 9.97 Å². The fraction of sp³-hybridized carbons (Fsp3) is 0.105. The number of nitrogens with zero attached hydrogens (tertiary/aromatic N) is 3. The van der Waals surface area contributed by atoms with Crippen molar-refractivity contribution in [1.29, 1.82) is 0 Å². The Hall–Kier alpha value is -3.41. The van der Waals surface area contributed by atoms with Crippen LogP contribution in [0.25, 0.3) is 11.0 Å². The number of nitrogens with one attached hydrogen (secondary N) is 2. The zero-order valence-electron chi connectivity index (χ0n) is 13.7. The quantitative estimate of drug-likeness (QED) is 0.604. The molecule has 2 heterocycles. The van der Waals surface area contributed by atoms with Crippen molar-refractivity contribution in [2.45, 2.75) is 6.04 Å². The molecule has 0 aliphatic heterocycles. The van der Waals surface area contributed by atoms with Gasteiger partial charge in [0.25, 0.3) is 5.91 Å². The number of benzene rings is 2. The van der Waals surface area contributed by atoms with Crippen molar-refractivity contribution in [3.05, 3.63) is 84.2 Å². The van der Waals surface area contributed by atoms with Crippen LogP contribution in [0.4, 0.5) is 0 Å². The number of aromatic nitrogens is 4. The number of hydrogen-bond donors (Lipinski definition) is 2. The molecule has 6 nitrogen and oxygen atoms in total. The van der Waals surface area contributed by atoms with E-state index >= 15 is 0 Å². The summed E-state index contributed by atoms with van der Waals surface area (Å²) in [5.74, 6) is 0.621. The monoisotopic (exact) mass is 331 g/mol. The van der Waals surface area contributed by atoms with Crippen LogP contribution in [-0.4, -0.2) is 25.4 Å². The molecule has 0 unspecified atom stereocenters. The molecule has 0 saturated heterocycles. The number of fused-ring (bicyclic) bond motifs is 1. The van der Waals surface area contributed by atoms with Crippen molar-refractivity contribution in [2.75, 3.05) is 0 Å². The number of H-pyrrole nitrogens is 1. The SMILES string of the molecule is Cn1ccnc1[C@H](NC(=O)c1ccc2nc[nH]c2c1)c1ccccc1. The maximum Gasteiger partial charge on any atom is 0.252 e. The van der Waals surface area contributed by atoms with Gasteiger partial charge in [0.2, 0.25) is 0 Å². The Morgan fingerprint density at radius 3 is 2.76 bits per heavy atom. The largest absolute Gasteiger partial charge is 0.345 e. The Morgan fingerprint density at radius 2 is 2.00 bits per heavy atom. The first kappa shape index (κ1) is 15.1. The topological polar surface area (TPSA) is 75.6 Å². The van der Waals surface area contributed by atoms with Gasteiger partial charge in [0.05, 0.1) is 17.4 Å². The highest BCUT2D eigenvalue weighted by Crippen LogP contribution is 2.21. The van der Waals surface area contributed by atoms with Gasteiger partial charge in [0.15, 0.2) is 0 Å². The van der Waals surface area contributed by atoms with Gasteiger partial charge in [0, 0.05) is 25.0 Å². The predicted octanol–water partition coefficient (Wildman–Crippen LogP) is 2.82. The average Bonchev–Trinajstić information content (AvgIpc) is 3.28. The van der Waals surface area contributed by atoms with Crippen LogP contribution in [-0.2, 0) is 7.05 Å². The molecule has 1 amide bonds. The second-order valence-electron chi connectivity index (χ2n) is 5.85. The van der Waals surface area contributed by atoms with Crippen LogP contribution >= 0.6 is 0 Å². The molecule has 0 aliphatic rings. The molecule has 2 aromatic heterocycles. The Labute approximate surface area is 144 Å². The molecule has 0 radical (unpaired) electrons. The molecule has 2 aromatic carbocycles. The normalized spacial score (nSPS) is 12.2. The number of hydrogen-bond acceptors (Lipinski definition) is 3. The third-order valence-corrected chi connectivity index (χ3v) is 4.21. The van der Waals surface area contributed by atoms with Crippen LogP contribution in [0, 0.1) is 0 Å². The molecule has 4 aromatic rings. The number of imidazole rings is 2. The highest BCUT2D eigenvalue weighted by atomic mass is 16.1. The maximum atomic E-state index is 12.8. The minimum Gasteiger partial charge on any atom is -0.345 e. The Kier molecular flexibility index (Phi) is 3.78. The van der Waals surface area contributed by atoms with Crippen molar-refractivity contribution < 1.29 is 4.79 Å². The van der Waals surface area contributed by atoms with Gasteiger partial charge < -0.3 is 14.9 Å². The molecule has 2 N–H and O–H groups in total. The van der Waals surface area contributed by atoms with Crippen molar-refractivity contribution in [3.63, 3.8) is 0 Å². The first-order valence-corrected chi connectivity index (χ1v) is 7.98. The summed E-state index contributed by atoms with van der Waals surface area (Å²) in [5, 5.41) is 3.09. The molecule has 0 spiro atoms. The molecule has 4 rings (SSSR count). The summed E-state index contributed by atoms with van der Waals surface area (Å²) in [6, 6.07) is 14.9. The lowest BCUT2D eigenvalue weighted by molar-refractivity contribution is 0.0941. The van der Waals surface area contributed by atoms with Crippen LogP contribution in [0.3, 0.4) is 0 Å². The summed E-state index contributed by atoms with van der Waals surface area (Å²) in [6.07, 6.45) is 5.22. The third kappa shape index (κ3) is 2.89. The van der Waals surface area contributed by atoms with Gasteiger partial charge in [-0.2, -0.15) is 0 Å². The van der Waals surface area contributed by atoms with Crippen LogP contribution in [0.5, 0.6) is 0 Å². The summed E-state index contributed by atoms with van der Waals surface area (Å²) in [7, 11) is 1.92. The smallest absolute Gasteiger partial charge is 0.252 e. The molecule has 0 saturated carbocycles. The minimum atomic E-state index is -0.328. The lowest BCUT2D eigenvalue weighted by Crippen LogP contribution is -2.31. The van der Waals surface area contributed by atoms with Crippen LogP contribution < -0.4 is 5.32 Å². The van der Waals surface area contributed by atoms with E-state index in [9.17, 15) is 4.79 Å². The van der Waals surface area contributed by atoms with E-state index in [0.29, 0.717) is 5.56 Å². The standard InChI is InChI=1S/C19H17N5O/c1-24-10-9-20-18(24)17(13-5-3-2-4-6-13)23-19(25)14-7-8-15-16(11-14)22-12-21-15/h2-12,17H,1H3,(H,21,22)(H,23,25)/t17-/m1/s1. The highest BCUT2D eigenvalue weighted by Gasteiger charge is 2.21. The van der Waals surface area contributed by atoms with Gasteiger partial charge in [-0.1, -0.05) is 30.3 Å². The number of amides is 1. The first-order valence-electron chi connectivity index (χ1n) is 7.98. The van der Waals surface area contributed by atoms with Crippen LogP contribution in [0.2, 0.25) is 0 Å². The van der Waals surface area contributed by atoms with Gasteiger partial charge in [-0.15, -0.1) is 0 Å². The number of aryl methyl sites for hydroxylation is 1. The second kappa shape index (κ2) is 6.24. The van der Waals surface area contributed by atoms with Gasteiger partial charge in [0.1, 0.15) is 11.9 Å². The molecule has 0 aliphatic carbocycles. The lowest BCUT2D eigenvalue weighted by Gasteiger charge is -2.19. The van der Waals surface area contributed by atoms with E-state index < -0.39 is 0 Å². The predicted molar refractivity (Wildman–Crippen MR) is 95.1 cm³/mol. The molecule has 25 heavy (non-hydrogen) atoms. The molecule has 124 valence electrons. The molecular formula is C19H17N5O. The van der Waals surface area contributed by atoms with Crippen molar-refractivity contribution in [3.8, 4) is 0 Å². The van der Waals surface area contributed by atoms with E-state index in [4.69, 9.17) is 0 Å². The van der Waals surface area contributed by atoms with Gasteiger partial charge in [-0.3, -0.25) is 4.79 Å². The summed E-state index contributed by atoms with van der Waals surface area (Å²) in [6.45, 7) is 0. The van der Waals surface area contributed by atoms with E-state index in [1.165, 1.54) is 0 Å². The van der Waals surface area contributed by atoms with Crippen molar-refractivity contribution in [1.82, 2.24) is 24.8 Å². The van der Waals surface area contributed by atoms with Gasteiger partial charge >= 0.3 is 0 Å². The summed E-state index contributed by atoms with van der Waals surface area (Å²) < 4.78 is 1.91. The first-order chi connectivity index (χ1) is 12.2. The zero-order chi connectivity index (χ0) is 17.2. The number of aromatic amines is 1. The van der Waals surface area contributed by atoms with Crippen molar-refractivity contribution in [2.24, 2.45) is 7.05 Å². The molecule has 6 heteroatoms. The maximum absolute atomic E-state index is 12.8. The van der Waals surface area contributed by atoms with Crippen LogP contribution in [0.1, 0.15) is 27.8 Å². The van der Waals surface area contributed by atoms with E-state index in [0.717, 1.165) is 22.4 Å². The minimum absolute atomic E-state index is 0.159. The molecule has 0 fully saturated rings. The summed E-state index contributed by atoms with van der Waals surface area (Å²) in [5.41, 5.74) is 3.22. The summed E-state index contributed by atoms with van der Waals surface area (Å²) >= 11 is 0. The molecule has 1 atom stereocenters. The second-order valence-corrected chi connectivity index (χ2v) is 5.85. The third-order valence-electron chi connectivity index (χ3n) is 4.21. The van der Waals surface area contributed by atoms with E-state index in [1.807, 2.05) is 54.2 Å². The average molecular weight is 331 g/mol. The highest BCUT2D eigenvalue weighted by molar-refractivity contribution is 5.97. The molecule has 0 bridgehead atoms. The fourth-order valence-electron chi connectivity index (χ4n) is 2.89. The lowest BCUT2D eigenvalue weighted by atomic mass is 10.1. The van der Waals surface area contributed by atoms with E-state index in [2.05, 4.69) is 20.3 Å². The Morgan fingerprint density at radius 1 is 1.16 bits per heavy atom. The van der Waals surface area contributed by atoms with E-state index in [-0.39, 0.29) is 11.9 Å². The fourth-order valence-corrected chi connectivity index (χ4v) is 2.89. The molecular weight excluding hydrogens is 314 g/mol. The van der Waals surface area contributed by atoms with Crippen LogP contribution in [0.15, 0.2) is 67.3 Å². The Bertz CT molecular complexity index is 1020.